The van der Waals surface area contributed by atoms with Gasteiger partial charge in [0.15, 0.2) is 0 Å². The fourth-order valence-electron chi connectivity index (χ4n) is 4.32. The highest BCUT2D eigenvalue weighted by Crippen LogP contribution is 2.37. The van der Waals surface area contributed by atoms with Crippen molar-refractivity contribution in [3.05, 3.63) is 53.6 Å². The predicted molar refractivity (Wildman–Crippen MR) is 126 cm³/mol. The lowest BCUT2D eigenvalue weighted by molar-refractivity contribution is 0.0923. The van der Waals surface area contributed by atoms with Gasteiger partial charge in [0.05, 0.1) is 10.5 Å². The van der Waals surface area contributed by atoms with Gasteiger partial charge in [-0.05, 0) is 50.1 Å². The molecule has 0 saturated carbocycles. The van der Waals surface area contributed by atoms with Crippen LogP contribution in [-0.4, -0.2) is 44.8 Å². The highest BCUT2D eigenvalue weighted by Gasteiger charge is 2.32. The van der Waals surface area contributed by atoms with Gasteiger partial charge >= 0.3 is 0 Å². The number of sulfonamides is 1. The molecule has 4 N–H and O–H groups in total. The molecular formula is C23H29N3O4S2. The van der Waals surface area contributed by atoms with Crippen molar-refractivity contribution in [1.82, 2.24) is 10.6 Å². The molecule has 2 aliphatic rings. The first-order chi connectivity index (χ1) is 15.3. The smallest absolute Gasteiger partial charge is 0.255 e. The van der Waals surface area contributed by atoms with E-state index in [1.165, 1.54) is 12.1 Å². The zero-order valence-electron chi connectivity index (χ0n) is 18.0. The largest absolute Gasteiger partial charge is 0.488 e. The van der Waals surface area contributed by atoms with Crippen LogP contribution in [0.25, 0.3) is 0 Å². The number of benzene rings is 2. The van der Waals surface area contributed by atoms with Crippen molar-refractivity contribution < 1.29 is 17.9 Å². The van der Waals surface area contributed by atoms with Crippen molar-refractivity contribution in [2.75, 3.05) is 12.3 Å². The molecule has 2 aromatic rings. The zero-order chi connectivity index (χ0) is 22.7. The molecule has 32 heavy (non-hydrogen) atoms. The number of hydrogen-bond donors (Lipinski definition) is 3. The first-order valence-electron chi connectivity index (χ1n) is 10.9. The SMILES string of the molecule is CCC(NC(=O)c1cc(S(N)(=O)=O)cc2c1OC(CSc1ccccc1)C2)C1CCCN1. The number of carbonyl (C=O) groups is 1. The van der Waals surface area contributed by atoms with Gasteiger partial charge in [-0.3, -0.25) is 4.79 Å². The lowest BCUT2D eigenvalue weighted by Gasteiger charge is -2.24. The maximum absolute atomic E-state index is 13.2. The molecule has 1 amide bonds. The molecule has 0 aliphatic carbocycles. The van der Waals surface area contributed by atoms with E-state index in [2.05, 4.69) is 10.6 Å². The molecular weight excluding hydrogens is 446 g/mol. The van der Waals surface area contributed by atoms with Crippen LogP contribution in [0.2, 0.25) is 0 Å². The molecule has 0 bridgehead atoms. The molecule has 9 heteroatoms. The Kier molecular flexibility index (Phi) is 7.09. The quantitative estimate of drug-likeness (QED) is 0.507. The molecule has 172 valence electrons. The number of primary sulfonamides is 1. The number of nitrogens with two attached hydrogens (primary N) is 1. The van der Waals surface area contributed by atoms with Gasteiger partial charge in [-0.2, -0.15) is 0 Å². The van der Waals surface area contributed by atoms with Crippen LogP contribution in [0.4, 0.5) is 0 Å². The molecule has 0 radical (unpaired) electrons. The van der Waals surface area contributed by atoms with E-state index in [0.717, 1.165) is 30.7 Å². The minimum Gasteiger partial charge on any atom is -0.488 e. The van der Waals surface area contributed by atoms with E-state index in [4.69, 9.17) is 9.88 Å². The van der Waals surface area contributed by atoms with Gasteiger partial charge in [0.2, 0.25) is 10.0 Å². The predicted octanol–water partition coefficient (Wildman–Crippen LogP) is 2.69. The summed E-state index contributed by atoms with van der Waals surface area (Å²) in [7, 11) is -3.96. The summed E-state index contributed by atoms with van der Waals surface area (Å²) in [5, 5.41) is 11.9. The van der Waals surface area contributed by atoms with Crippen LogP contribution in [0.15, 0.2) is 52.3 Å². The normalized spacial score (nSPS) is 21.1. The molecule has 2 aromatic carbocycles. The molecule has 7 nitrogen and oxygen atoms in total. The molecule has 3 unspecified atom stereocenters. The standard InChI is InChI=1S/C23H29N3O4S2/c1-2-20(21-9-6-10-25-21)26-23(27)19-13-18(32(24,28)29)12-15-11-16(30-22(15)19)14-31-17-7-4-3-5-8-17/h3-5,7-8,12-13,16,20-21,25H,2,6,9-11,14H2,1H3,(H,26,27)(H2,24,28,29). The van der Waals surface area contributed by atoms with E-state index in [-0.39, 0.29) is 34.6 Å². The van der Waals surface area contributed by atoms with E-state index < -0.39 is 10.0 Å². The van der Waals surface area contributed by atoms with Gasteiger partial charge < -0.3 is 15.4 Å². The van der Waals surface area contributed by atoms with Crippen LogP contribution in [0.1, 0.15) is 42.1 Å². The second-order valence-corrected chi connectivity index (χ2v) is 10.9. The van der Waals surface area contributed by atoms with Crippen molar-refractivity contribution in [1.29, 1.82) is 0 Å². The van der Waals surface area contributed by atoms with Crippen LogP contribution in [0.3, 0.4) is 0 Å². The lowest BCUT2D eigenvalue weighted by Crippen LogP contribution is -2.47. The zero-order valence-corrected chi connectivity index (χ0v) is 19.7. The van der Waals surface area contributed by atoms with E-state index in [0.29, 0.717) is 23.5 Å². The molecule has 2 aliphatic heterocycles. The lowest BCUT2D eigenvalue weighted by atomic mass is 10.0. The van der Waals surface area contributed by atoms with Crippen LogP contribution >= 0.6 is 11.8 Å². The summed E-state index contributed by atoms with van der Waals surface area (Å²) in [5.41, 5.74) is 0.933. The molecule has 1 fully saturated rings. The third-order valence-corrected chi connectivity index (χ3v) is 8.00. The number of carbonyl (C=O) groups excluding carboxylic acids is 1. The number of ether oxygens (including phenoxy) is 1. The first-order valence-corrected chi connectivity index (χ1v) is 13.5. The Bertz CT molecular complexity index is 1070. The minimum atomic E-state index is -3.96. The van der Waals surface area contributed by atoms with E-state index in [1.807, 2.05) is 37.3 Å². The number of amides is 1. The molecule has 0 spiro atoms. The Labute approximate surface area is 193 Å². The monoisotopic (exact) mass is 475 g/mol. The molecule has 1 saturated heterocycles. The Balaban J connectivity index is 1.56. The highest BCUT2D eigenvalue weighted by atomic mass is 32.2. The number of hydrogen-bond acceptors (Lipinski definition) is 6. The molecule has 2 heterocycles. The van der Waals surface area contributed by atoms with Crippen molar-refractivity contribution in [3.8, 4) is 5.75 Å². The van der Waals surface area contributed by atoms with E-state index in [9.17, 15) is 13.2 Å². The average molecular weight is 476 g/mol. The van der Waals surface area contributed by atoms with Gasteiger partial charge in [0.25, 0.3) is 5.91 Å². The van der Waals surface area contributed by atoms with E-state index in [1.54, 1.807) is 11.8 Å². The summed E-state index contributed by atoms with van der Waals surface area (Å²) in [4.78, 5) is 14.3. The van der Waals surface area contributed by atoms with Gasteiger partial charge in [0.1, 0.15) is 11.9 Å². The van der Waals surface area contributed by atoms with Crippen molar-refractivity contribution in [3.63, 3.8) is 0 Å². The molecule has 4 rings (SSSR count). The minimum absolute atomic E-state index is 0.0374. The topological polar surface area (TPSA) is 111 Å². The van der Waals surface area contributed by atoms with Crippen LogP contribution < -0.4 is 20.5 Å². The molecule has 3 atom stereocenters. The third-order valence-electron chi connectivity index (χ3n) is 5.96. The second kappa shape index (κ2) is 9.82. The van der Waals surface area contributed by atoms with Gasteiger partial charge in [0, 0.05) is 34.7 Å². The number of fused-ring (bicyclic) bond motifs is 1. The summed E-state index contributed by atoms with van der Waals surface area (Å²) >= 11 is 1.67. The third kappa shape index (κ3) is 5.28. The van der Waals surface area contributed by atoms with Crippen LogP contribution in [0.5, 0.6) is 5.75 Å². The van der Waals surface area contributed by atoms with Gasteiger partial charge in [-0.1, -0.05) is 25.1 Å². The number of thioether (sulfide) groups is 1. The van der Waals surface area contributed by atoms with Crippen molar-refractivity contribution in [2.24, 2.45) is 5.14 Å². The fourth-order valence-corrected chi connectivity index (χ4v) is 5.83. The maximum atomic E-state index is 13.2. The Morgan fingerprint density at radius 1 is 1.31 bits per heavy atom. The molecule has 0 aromatic heterocycles. The Morgan fingerprint density at radius 2 is 2.09 bits per heavy atom. The summed E-state index contributed by atoms with van der Waals surface area (Å²) in [5.74, 6) is 0.820. The van der Waals surface area contributed by atoms with Crippen molar-refractivity contribution in [2.45, 2.75) is 60.6 Å². The van der Waals surface area contributed by atoms with Gasteiger partial charge in [-0.25, -0.2) is 13.6 Å². The summed E-state index contributed by atoms with van der Waals surface area (Å²) in [6, 6.07) is 13.1. The Morgan fingerprint density at radius 3 is 2.75 bits per heavy atom. The maximum Gasteiger partial charge on any atom is 0.255 e. The summed E-state index contributed by atoms with van der Waals surface area (Å²) in [6.45, 7) is 2.97. The first kappa shape index (κ1) is 23.1. The number of rotatable bonds is 8. The van der Waals surface area contributed by atoms with Gasteiger partial charge in [-0.15, -0.1) is 11.8 Å². The Hall–Kier alpha value is -2.07. The summed E-state index contributed by atoms with van der Waals surface area (Å²) < 4.78 is 30.3. The van der Waals surface area contributed by atoms with E-state index >= 15 is 0 Å². The van der Waals surface area contributed by atoms with Crippen LogP contribution in [-0.2, 0) is 16.4 Å². The average Bonchev–Trinajstić information content (AvgIpc) is 3.45. The highest BCUT2D eigenvalue weighted by molar-refractivity contribution is 7.99. The van der Waals surface area contributed by atoms with Crippen molar-refractivity contribution >= 4 is 27.7 Å². The second-order valence-electron chi connectivity index (χ2n) is 8.26. The number of nitrogens with one attached hydrogen (secondary N) is 2. The van der Waals surface area contributed by atoms with Crippen LogP contribution in [0, 0.1) is 0 Å². The summed E-state index contributed by atoms with van der Waals surface area (Å²) in [6.07, 6.45) is 3.23. The fraction of sp³-hybridized carbons (Fsp3) is 0.435.